The van der Waals surface area contributed by atoms with Gasteiger partial charge < -0.3 is 5.11 Å². The Balaban J connectivity index is 3.13. The van der Waals surface area contributed by atoms with Gasteiger partial charge in [0.2, 0.25) is 0 Å². The summed E-state index contributed by atoms with van der Waals surface area (Å²) in [5.41, 5.74) is 1.19. The number of aliphatic hydroxyl groups is 1. The van der Waals surface area contributed by atoms with E-state index in [1.165, 1.54) is 0 Å². The Labute approximate surface area is 102 Å². The third kappa shape index (κ3) is 3.21. The molecule has 1 atom stereocenters. The molecule has 84 valence electrons. The van der Waals surface area contributed by atoms with Gasteiger partial charge >= 0.3 is 0 Å². The van der Waals surface area contributed by atoms with Crippen LogP contribution in [0.3, 0.4) is 0 Å². The second kappa shape index (κ2) is 4.87. The van der Waals surface area contributed by atoms with Crippen molar-refractivity contribution in [3.05, 3.63) is 33.8 Å². The van der Waals surface area contributed by atoms with Gasteiger partial charge in [-0.15, -0.1) is 0 Å². The zero-order valence-corrected chi connectivity index (χ0v) is 11.7. The molecule has 0 radical (unpaired) electrons. The van der Waals surface area contributed by atoms with E-state index in [0.29, 0.717) is 10.0 Å². The maximum atomic E-state index is 9.45. The molecule has 0 bridgehead atoms. The van der Waals surface area contributed by atoms with E-state index < -0.39 is 8.07 Å². The minimum absolute atomic E-state index is 0.150. The first-order valence-corrected chi connectivity index (χ1v) is 9.25. The van der Waals surface area contributed by atoms with Crippen LogP contribution in [0.4, 0.5) is 0 Å². The monoisotopic (exact) mass is 262 g/mol. The fourth-order valence-corrected chi connectivity index (χ4v) is 3.99. The summed E-state index contributed by atoms with van der Waals surface area (Å²) in [6.45, 7) is 6.81. The fraction of sp³-hybridized carbons (Fsp3) is 0.455. The van der Waals surface area contributed by atoms with Gasteiger partial charge in [0.1, 0.15) is 0 Å². The Morgan fingerprint density at radius 3 is 2.27 bits per heavy atom. The van der Waals surface area contributed by atoms with Crippen LogP contribution in [-0.4, -0.2) is 19.8 Å². The summed E-state index contributed by atoms with van der Waals surface area (Å²) in [5.74, 6) is 0. The lowest BCUT2D eigenvalue weighted by Crippen LogP contribution is -2.33. The predicted octanol–water partition coefficient (Wildman–Crippen LogP) is 3.95. The highest BCUT2D eigenvalue weighted by atomic mass is 35.5. The topological polar surface area (TPSA) is 20.2 Å². The Bertz CT molecular complexity index is 347. The van der Waals surface area contributed by atoms with Gasteiger partial charge in [-0.1, -0.05) is 48.9 Å². The third-order valence-corrected chi connectivity index (χ3v) is 5.71. The number of rotatable bonds is 3. The maximum absolute atomic E-state index is 9.45. The van der Waals surface area contributed by atoms with Crippen LogP contribution >= 0.6 is 23.2 Å². The largest absolute Gasteiger partial charge is 0.396 e. The molecule has 1 N–H and O–H groups in total. The molecule has 1 rings (SSSR count). The van der Waals surface area contributed by atoms with Crippen LogP contribution in [0.1, 0.15) is 11.1 Å². The van der Waals surface area contributed by atoms with Gasteiger partial charge in [-0.2, -0.15) is 0 Å². The molecule has 1 unspecified atom stereocenters. The lowest BCUT2D eigenvalue weighted by molar-refractivity contribution is 0.290. The summed E-state index contributed by atoms with van der Waals surface area (Å²) in [7, 11) is -1.45. The summed E-state index contributed by atoms with van der Waals surface area (Å²) < 4.78 is 0. The van der Waals surface area contributed by atoms with E-state index in [1.54, 1.807) is 6.07 Å². The first-order chi connectivity index (χ1) is 6.86. The average molecular weight is 263 g/mol. The van der Waals surface area contributed by atoms with Crippen molar-refractivity contribution >= 4 is 31.3 Å². The van der Waals surface area contributed by atoms with Gasteiger partial charge in [-0.05, 0) is 17.7 Å². The van der Waals surface area contributed by atoms with Crippen molar-refractivity contribution in [2.45, 2.75) is 25.2 Å². The molecule has 0 aliphatic heterocycles. The van der Waals surface area contributed by atoms with Gasteiger partial charge in [-0.25, -0.2) is 0 Å². The summed E-state index contributed by atoms with van der Waals surface area (Å²) in [5, 5.41) is 10.7. The minimum Gasteiger partial charge on any atom is -0.396 e. The molecule has 0 saturated carbocycles. The Hall–Kier alpha value is -0.0231. The molecule has 0 aliphatic rings. The summed E-state index contributed by atoms with van der Waals surface area (Å²) >= 11 is 12.0. The van der Waals surface area contributed by atoms with Crippen molar-refractivity contribution < 1.29 is 5.11 Å². The molecular formula is C11H16Cl2OSi. The normalized spacial score (nSPS) is 14.0. The van der Waals surface area contributed by atoms with Crippen molar-refractivity contribution in [3.8, 4) is 0 Å². The molecule has 0 fully saturated rings. The van der Waals surface area contributed by atoms with E-state index >= 15 is 0 Å². The zero-order valence-electron chi connectivity index (χ0n) is 9.22. The van der Waals surface area contributed by atoms with Gasteiger partial charge in [0.25, 0.3) is 0 Å². The van der Waals surface area contributed by atoms with Gasteiger partial charge in [0.05, 0.1) is 8.07 Å². The van der Waals surface area contributed by atoms with Crippen LogP contribution < -0.4 is 0 Å². The molecule has 0 aliphatic carbocycles. The van der Waals surface area contributed by atoms with Crippen molar-refractivity contribution in [1.29, 1.82) is 0 Å². The highest BCUT2D eigenvalue weighted by Crippen LogP contribution is 2.33. The lowest BCUT2D eigenvalue weighted by atomic mass is 10.1. The molecular weight excluding hydrogens is 247 g/mol. The van der Waals surface area contributed by atoms with Crippen LogP contribution in [0.5, 0.6) is 0 Å². The van der Waals surface area contributed by atoms with E-state index in [1.807, 2.05) is 12.1 Å². The highest BCUT2D eigenvalue weighted by molar-refractivity contribution is 6.77. The zero-order chi connectivity index (χ0) is 11.6. The van der Waals surface area contributed by atoms with Crippen molar-refractivity contribution in [1.82, 2.24) is 0 Å². The second-order valence-corrected chi connectivity index (χ2v) is 11.0. The summed E-state index contributed by atoms with van der Waals surface area (Å²) in [4.78, 5) is 0. The van der Waals surface area contributed by atoms with E-state index in [0.717, 1.165) is 5.56 Å². The van der Waals surface area contributed by atoms with Gasteiger partial charge in [0.15, 0.2) is 0 Å². The fourth-order valence-electron chi connectivity index (χ4n) is 1.62. The minimum atomic E-state index is -1.45. The lowest BCUT2D eigenvalue weighted by Gasteiger charge is -2.28. The maximum Gasteiger partial charge on any atom is 0.0551 e. The number of halogens is 2. The van der Waals surface area contributed by atoms with Crippen molar-refractivity contribution in [3.63, 3.8) is 0 Å². The molecule has 1 nitrogen and oxygen atoms in total. The number of benzene rings is 1. The quantitative estimate of drug-likeness (QED) is 0.819. The SMILES string of the molecule is C[Si](C)(C)C(CO)c1ccc(Cl)cc1Cl. The van der Waals surface area contributed by atoms with E-state index in [4.69, 9.17) is 23.2 Å². The number of aliphatic hydroxyl groups excluding tert-OH is 1. The third-order valence-electron chi connectivity index (χ3n) is 2.57. The van der Waals surface area contributed by atoms with Gasteiger partial charge in [0, 0.05) is 22.2 Å². The Morgan fingerprint density at radius 1 is 1.27 bits per heavy atom. The molecule has 0 heterocycles. The van der Waals surface area contributed by atoms with Gasteiger partial charge in [-0.3, -0.25) is 0 Å². The first-order valence-electron chi connectivity index (χ1n) is 4.92. The van der Waals surface area contributed by atoms with E-state index in [9.17, 15) is 5.11 Å². The molecule has 1 aromatic carbocycles. The molecule has 0 aromatic heterocycles. The molecule has 0 amide bonds. The number of hydrogen-bond donors (Lipinski definition) is 1. The standard InChI is InChI=1S/C11H16Cl2OSi/c1-15(2,3)11(7-14)9-5-4-8(12)6-10(9)13/h4-6,11,14H,7H2,1-3H3. The Kier molecular flexibility index (Phi) is 4.24. The summed E-state index contributed by atoms with van der Waals surface area (Å²) in [6.07, 6.45) is 0. The Morgan fingerprint density at radius 2 is 1.87 bits per heavy atom. The highest BCUT2D eigenvalue weighted by Gasteiger charge is 2.28. The molecule has 4 heteroatoms. The molecule has 15 heavy (non-hydrogen) atoms. The van der Waals surface area contributed by atoms with Crippen LogP contribution in [-0.2, 0) is 0 Å². The van der Waals surface area contributed by atoms with Crippen LogP contribution in [0.15, 0.2) is 18.2 Å². The first kappa shape index (κ1) is 13.0. The molecule has 1 aromatic rings. The molecule has 0 spiro atoms. The van der Waals surface area contributed by atoms with E-state index in [2.05, 4.69) is 19.6 Å². The summed E-state index contributed by atoms with van der Waals surface area (Å²) in [6, 6.07) is 5.48. The van der Waals surface area contributed by atoms with Crippen LogP contribution in [0.25, 0.3) is 0 Å². The van der Waals surface area contributed by atoms with Crippen LogP contribution in [0.2, 0.25) is 29.7 Å². The number of hydrogen-bond acceptors (Lipinski definition) is 1. The predicted molar refractivity (Wildman–Crippen MR) is 69.6 cm³/mol. The van der Waals surface area contributed by atoms with Crippen LogP contribution in [0, 0.1) is 0 Å². The van der Waals surface area contributed by atoms with Crippen molar-refractivity contribution in [2.24, 2.45) is 0 Å². The molecule has 0 saturated heterocycles. The van der Waals surface area contributed by atoms with E-state index in [-0.39, 0.29) is 12.1 Å². The second-order valence-electron chi connectivity index (χ2n) is 4.77. The van der Waals surface area contributed by atoms with Crippen molar-refractivity contribution in [2.75, 3.05) is 6.61 Å². The smallest absolute Gasteiger partial charge is 0.0551 e. The average Bonchev–Trinajstić information content (AvgIpc) is 2.07.